The van der Waals surface area contributed by atoms with E-state index in [0.29, 0.717) is 22.3 Å². The maximum Gasteiger partial charge on any atom is 0.256 e. The normalized spacial score (nSPS) is 21.1. The van der Waals surface area contributed by atoms with E-state index >= 15 is 0 Å². The zero-order valence-electron chi connectivity index (χ0n) is 8.04. The summed E-state index contributed by atoms with van der Waals surface area (Å²) in [5.74, 6) is -0.237. The first-order valence-electron chi connectivity index (χ1n) is 4.51. The maximum atomic E-state index is 11.7. The van der Waals surface area contributed by atoms with E-state index in [1.807, 2.05) is 0 Å². The van der Waals surface area contributed by atoms with Gasteiger partial charge >= 0.3 is 0 Å². The number of hydrogen-bond acceptors (Lipinski definition) is 2. The summed E-state index contributed by atoms with van der Waals surface area (Å²) in [6.07, 6.45) is 0. The summed E-state index contributed by atoms with van der Waals surface area (Å²) >= 11 is 11.8. The molecule has 1 aromatic rings. The molecule has 0 N–H and O–H groups in total. The fourth-order valence-electron chi connectivity index (χ4n) is 1.35. The van der Waals surface area contributed by atoms with Gasteiger partial charge in [0, 0.05) is 5.02 Å². The third kappa shape index (κ3) is 1.95. The molecule has 1 amide bonds. The lowest BCUT2D eigenvalue weighted by molar-refractivity contribution is -0.121. The van der Waals surface area contributed by atoms with Gasteiger partial charge in [-0.25, -0.2) is 0 Å². The van der Waals surface area contributed by atoms with Crippen molar-refractivity contribution in [2.45, 2.75) is 6.92 Å². The molecule has 1 aliphatic heterocycles. The van der Waals surface area contributed by atoms with Crippen molar-refractivity contribution < 1.29 is 9.63 Å². The van der Waals surface area contributed by atoms with E-state index < -0.39 is 0 Å². The Hall–Kier alpha value is -0.770. The number of carbonyl (C=O) groups is 1. The van der Waals surface area contributed by atoms with Crippen molar-refractivity contribution >= 4 is 34.8 Å². The Labute approximate surface area is 97.5 Å². The van der Waals surface area contributed by atoms with Crippen molar-refractivity contribution in [1.82, 2.24) is 0 Å². The van der Waals surface area contributed by atoms with E-state index in [1.165, 1.54) is 5.06 Å². The van der Waals surface area contributed by atoms with Crippen LogP contribution in [0.2, 0.25) is 10.0 Å². The van der Waals surface area contributed by atoms with Crippen molar-refractivity contribution in [3.63, 3.8) is 0 Å². The molecule has 0 radical (unpaired) electrons. The van der Waals surface area contributed by atoms with Gasteiger partial charge in [-0.3, -0.25) is 9.63 Å². The highest BCUT2D eigenvalue weighted by Gasteiger charge is 2.32. The fourth-order valence-corrected chi connectivity index (χ4v) is 1.71. The molecule has 0 aliphatic carbocycles. The molecule has 0 spiro atoms. The largest absolute Gasteiger partial charge is 0.272 e. The standard InChI is InChI=1S/C10H9Cl2NO2/c1-6-5-15-13(10(6)14)9-4-7(11)2-3-8(9)12/h2-4,6H,5H2,1H3. The highest BCUT2D eigenvalue weighted by molar-refractivity contribution is 6.35. The second kappa shape index (κ2) is 4.00. The zero-order valence-corrected chi connectivity index (χ0v) is 9.55. The minimum Gasteiger partial charge on any atom is -0.272 e. The van der Waals surface area contributed by atoms with Gasteiger partial charge in [-0.05, 0) is 18.2 Å². The minimum atomic E-state index is -0.139. The van der Waals surface area contributed by atoms with Crippen LogP contribution in [0.15, 0.2) is 18.2 Å². The van der Waals surface area contributed by atoms with Crippen LogP contribution in [0.3, 0.4) is 0 Å². The Morgan fingerprint density at radius 3 is 2.80 bits per heavy atom. The van der Waals surface area contributed by atoms with E-state index in [4.69, 9.17) is 28.0 Å². The predicted molar refractivity (Wildman–Crippen MR) is 59.1 cm³/mol. The molecule has 1 heterocycles. The smallest absolute Gasteiger partial charge is 0.256 e. The number of carbonyl (C=O) groups excluding carboxylic acids is 1. The first-order valence-corrected chi connectivity index (χ1v) is 5.27. The van der Waals surface area contributed by atoms with Crippen LogP contribution in [-0.2, 0) is 9.63 Å². The van der Waals surface area contributed by atoms with E-state index in [1.54, 1.807) is 25.1 Å². The van der Waals surface area contributed by atoms with Crippen LogP contribution in [-0.4, -0.2) is 12.5 Å². The van der Waals surface area contributed by atoms with E-state index in [0.717, 1.165) is 0 Å². The number of halogens is 2. The Kier molecular flexibility index (Phi) is 2.87. The Balaban J connectivity index is 2.37. The molecule has 5 heteroatoms. The number of hydroxylamine groups is 1. The highest BCUT2D eigenvalue weighted by atomic mass is 35.5. The average molecular weight is 246 g/mol. The monoisotopic (exact) mass is 245 g/mol. The van der Waals surface area contributed by atoms with Crippen molar-refractivity contribution in [1.29, 1.82) is 0 Å². The summed E-state index contributed by atoms with van der Waals surface area (Å²) in [7, 11) is 0. The zero-order chi connectivity index (χ0) is 11.0. The second-order valence-electron chi connectivity index (χ2n) is 3.43. The van der Waals surface area contributed by atoms with Gasteiger partial charge in [0.15, 0.2) is 0 Å². The second-order valence-corrected chi connectivity index (χ2v) is 4.27. The Morgan fingerprint density at radius 1 is 1.47 bits per heavy atom. The molecule has 1 fully saturated rings. The quantitative estimate of drug-likeness (QED) is 0.762. The molecule has 1 saturated heterocycles. The summed E-state index contributed by atoms with van der Waals surface area (Å²) in [5.41, 5.74) is 0.499. The topological polar surface area (TPSA) is 29.5 Å². The SMILES string of the molecule is CC1CON(c2cc(Cl)ccc2Cl)C1=O. The van der Waals surface area contributed by atoms with Crippen LogP contribution < -0.4 is 5.06 Å². The van der Waals surface area contributed by atoms with Gasteiger partial charge in [0.05, 0.1) is 23.2 Å². The molecular weight excluding hydrogens is 237 g/mol. The van der Waals surface area contributed by atoms with E-state index in [2.05, 4.69) is 0 Å². The number of benzene rings is 1. The van der Waals surface area contributed by atoms with Gasteiger partial charge < -0.3 is 0 Å². The molecule has 0 aromatic heterocycles. The summed E-state index contributed by atoms with van der Waals surface area (Å²) < 4.78 is 0. The van der Waals surface area contributed by atoms with Gasteiger partial charge in [-0.2, -0.15) is 5.06 Å². The van der Waals surface area contributed by atoms with Crippen molar-refractivity contribution in [2.75, 3.05) is 11.7 Å². The summed E-state index contributed by atoms with van der Waals surface area (Å²) in [6, 6.07) is 4.91. The Morgan fingerprint density at radius 2 is 2.20 bits per heavy atom. The summed E-state index contributed by atoms with van der Waals surface area (Å²) in [6.45, 7) is 2.18. The lowest BCUT2D eigenvalue weighted by Crippen LogP contribution is -2.25. The molecule has 3 nitrogen and oxygen atoms in total. The predicted octanol–water partition coefficient (Wildman–Crippen LogP) is 2.91. The molecule has 0 bridgehead atoms. The van der Waals surface area contributed by atoms with Crippen LogP contribution >= 0.6 is 23.2 Å². The number of hydrogen-bond donors (Lipinski definition) is 0. The molecule has 1 aromatic carbocycles. The maximum absolute atomic E-state index is 11.7. The summed E-state index contributed by atoms with van der Waals surface area (Å²) in [4.78, 5) is 16.9. The van der Waals surface area contributed by atoms with Crippen LogP contribution in [0.5, 0.6) is 0 Å². The number of nitrogens with zero attached hydrogens (tertiary/aromatic N) is 1. The first-order chi connectivity index (χ1) is 7.09. The molecule has 2 rings (SSSR count). The third-order valence-electron chi connectivity index (χ3n) is 2.20. The molecule has 80 valence electrons. The molecule has 1 unspecified atom stereocenters. The van der Waals surface area contributed by atoms with Crippen LogP contribution in [0.1, 0.15) is 6.92 Å². The molecule has 1 aliphatic rings. The first kappa shape index (κ1) is 10.7. The van der Waals surface area contributed by atoms with E-state index in [-0.39, 0.29) is 11.8 Å². The molecule has 15 heavy (non-hydrogen) atoms. The number of rotatable bonds is 1. The van der Waals surface area contributed by atoms with Gasteiger partial charge in [-0.1, -0.05) is 30.1 Å². The van der Waals surface area contributed by atoms with Crippen molar-refractivity contribution in [3.8, 4) is 0 Å². The van der Waals surface area contributed by atoms with Gasteiger partial charge in [0.2, 0.25) is 0 Å². The lowest BCUT2D eigenvalue weighted by Gasteiger charge is -2.15. The highest BCUT2D eigenvalue weighted by Crippen LogP contribution is 2.32. The molecule has 0 saturated carbocycles. The third-order valence-corrected chi connectivity index (χ3v) is 2.76. The van der Waals surface area contributed by atoms with Crippen LogP contribution in [0.25, 0.3) is 0 Å². The average Bonchev–Trinajstić information content (AvgIpc) is 2.52. The van der Waals surface area contributed by atoms with Gasteiger partial charge in [0.25, 0.3) is 5.91 Å². The molecule has 1 atom stereocenters. The summed E-state index contributed by atoms with van der Waals surface area (Å²) in [5, 5.41) is 2.17. The lowest BCUT2D eigenvalue weighted by atomic mass is 10.2. The van der Waals surface area contributed by atoms with Crippen molar-refractivity contribution in [3.05, 3.63) is 28.2 Å². The number of anilines is 1. The molecular formula is C10H9Cl2NO2. The fraction of sp³-hybridized carbons (Fsp3) is 0.300. The van der Waals surface area contributed by atoms with Crippen LogP contribution in [0.4, 0.5) is 5.69 Å². The van der Waals surface area contributed by atoms with Gasteiger partial charge in [0.1, 0.15) is 0 Å². The van der Waals surface area contributed by atoms with E-state index in [9.17, 15) is 4.79 Å². The minimum absolute atomic E-state index is 0.0980. The van der Waals surface area contributed by atoms with Gasteiger partial charge in [-0.15, -0.1) is 0 Å². The number of amides is 1. The Bertz CT molecular complexity index is 408. The van der Waals surface area contributed by atoms with Crippen LogP contribution in [0, 0.1) is 5.92 Å². The van der Waals surface area contributed by atoms with Crippen molar-refractivity contribution in [2.24, 2.45) is 5.92 Å².